The van der Waals surface area contributed by atoms with Crippen molar-refractivity contribution in [1.29, 1.82) is 0 Å². The number of nitrogens with zero attached hydrogens (tertiary/aromatic N) is 1. The minimum atomic E-state index is -0.221. The predicted molar refractivity (Wildman–Crippen MR) is 99.6 cm³/mol. The number of hydrogen-bond donors (Lipinski definition) is 2. The Morgan fingerprint density at radius 3 is 2.52 bits per heavy atom. The average Bonchev–Trinajstić information content (AvgIpc) is 2.63. The van der Waals surface area contributed by atoms with Crippen molar-refractivity contribution in [3.05, 3.63) is 53.6 Å². The van der Waals surface area contributed by atoms with E-state index in [4.69, 9.17) is 9.47 Å². The maximum Gasteiger partial charge on any atom is 0.259 e. The van der Waals surface area contributed by atoms with Crippen LogP contribution in [0.1, 0.15) is 18.1 Å². The van der Waals surface area contributed by atoms with E-state index in [-0.39, 0.29) is 12.5 Å². The minimum absolute atomic E-state index is 0.145. The maximum absolute atomic E-state index is 11.9. The van der Waals surface area contributed by atoms with E-state index >= 15 is 0 Å². The minimum Gasteiger partial charge on any atom is -0.493 e. The van der Waals surface area contributed by atoms with Crippen LogP contribution in [0.25, 0.3) is 0 Å². The molecule has 0 saturated carbocycles. The molecule has 0 radical (unpaired) electrons. The highest BCUT2D eigenvalue weighted by molar-refractivity contribution is 5.99. The molecular weight excluding hydrogens is 318 g/mol. The highest BCUT2D eigenvalue weighted by Crippen LogP contribution is 2.27. The lowest BCUT2D eigenvalue weighted by Crippen LogP contribution is -2.26. The summed E-state index contributed by atoms with van der Waals surface area (Å²) in [4.78, 5) is 11.9. The molecule has 0 aliphatic carbocycles. The number of benzene rings is 2. The van der Waals surface area contributed by atoms with Gasteiger partial charge in [-0.25, -0.2) is 5.43 Å². The Balaban J connectivity index is 1.95. The van der Waals surface area contributed by atoms with E-state index in [9.17, 15) is 4.79 Å². The van der Waals surface area contributed by atoms with Gasteiger partial charge in [0.05, 0.1) is 26.5 Å². The zero-order valence-electron chi connectivity index (χ0n) is 14.9. The van der Waals surface area contributed by atoms with Gasteiger partial charge in [-0.2, -0.15) is 5.10 Å². The van der Waals surface area contributed by atoms with Crippen molar-refractivity contribution in [3.8, 4) is 11.5 Å². The Hall–Kier alpha value is -3.02. The molecule has 0 aromatic heterocycles. The van der Waals surface area contributed by atoms with Gasteiger partial charge in [-0.15, -0.1) is 0 Å². The monoisotopic (exact) mass is 341 g/mol. The lowest BCUT2D eigenvalue weighted by atomic mass is 10.1. The SMILES string of the molecule is COc1ccc(/C(C)=N\NC(=O)CNc2cccc(C)c2)cc1OC. The fraction of sp³-hybridized carbons (Fsp3) is 0.263. The van der Waals surface area contributed by atoms with Crippen molar-refractivity contribution in [2.75, 3.05) is 26.1 Å². The van der Waals surface area contributed by atoms with Gasteiger partial charge in [-0.3, -0.25) is 4.79 Å². The summed E-state index contributed by atoms with van der Waals surface area (Å²) in [5, 5.41) is 7.20. The number of hydrazone groups is 1. The number of anilines is 1. The third-order valence-electron chi connectivity index (χ3n) is 3.62. The Morgan fingerprint density at radius 1 is 1.08 bits per heavy atom. The van der Waals surface area contributed by atoms with Crippen LogP contribution in [-0.2, 0) is 4.79 Å². The quantitative estimate of drug-likeness (QED) is 0.600. The van der Waals surface area contributed by atoms with Crippen LogP contribution in [0.15, 0.2) is 47.6 Å². The lowest BCUT2D eigenvalue weighted by molar-refractivity contribution is -0.119. The summed E-state index contributed by atoms with van der Waals surface area (Å²) in [5.74, 6) is 1.04. The van der Waals surface area contributed by atoms with E-state index in [0.29, 0.717) is 17.2 Å². The van der Waals surface area contributed by atoms with Gasteiger partial charge in [0.2, 0.25) is 0 Å². The smallest absolute Gasteiger partial charge is 0.259 e. The second-order valence-corrected chi connectivity index (χ2v) is 5.52. The molecule has 0 spiro atoms. The summed E-state index contributed by atoms with van der Waals surface area (Å²) in [5.41, 5.74) is 6.09. The number of carbonyl (C=O) groups excluding carboxylic acids is 1. The first-order chi connectivity index (χ1) is 12.0. The van der Waals surface area contributed by atoms with Crippen LogP contribution in [0.5, 0.6) is 11.5 Å². The molecule has 0 aliphatic heterocycles. The summed E-state index contributed by atoms with van der Waals surface area (Å²) in [6, 6.07) is 13.3. The van der Waals surface area contributed by atoms with Gasteiger partial charge in [0.25, 0.3) is 5.91 Å². The highest BCUT2D eigenvalue weighted by Gasteiger charge is 2.07. The van der Waals surface area contributed by atoms with Gasteiger partial charge in [0.15, 0.2) is 11.5 Å². The van der Waals surface area contributed by atoms with Gasteiger partial charge >= 0.3 is 0 Å². The molecule has 25 heavy (non-hydrogen) atoms. The number of rotatable bonds is 7. The van der Waals surface area contributed by atoms with Gasteiger partial charge < -0.3 is 14.8 Å². The lowest BCUT2D eigenvalue weighted by Gasteiger charge is -2.10. The van der Waals surface area contributed by atoms with Crippen LogP contribution in [0.3, 0.4) is 0 Å². The van der Waals surface area contributed by atoms with E-state index in [1.165, 1.54) is 0 Å². The molecule has 0 aliphatic rings. The standard InChI is InChI=1S/C19H23N3O3/c1-13-6-5-7-16(10-13)20-12-19(23)22-21-14(2)15-8-9-17(24-3)18(11-15)25-4/h5-11,20H,12H2,1-4H3,(H,22,23)/b21-14-. The zero-order chi connectivity index (χ0) is 18.2. The number of ether oxygens (including phenoxy) is 2. The van der Waals surface area contributed by atoms with Crippen LogP contribution < -0.4 is 20.2 Å². The summed E-state index contributed by atoms with van der Waals surface area (Å²) < 4.78 is 10.5. The number of aryl methyl sites for hydroxylation is 1. The van der Waals surface area contributed by atoms with E-state index in [0.717, 1.165) is 16.8 Å². The number of hydrogen-bond acceptors (Lipinski definition) is 5. The first-order valence-electron chi connectivity index (χ1n) is 7.89. The van der Waals surface area contributed by atoms with Crippen LogP contribution >= 0.6 is 0 Å². The summed E-state index contributed by atoms with van der Waals surface area (Å²) in [6.45, 7) is 3.96. The van der Waals surface area contributed by atoms with Gasteiger partial charge in [0.1, 0.15) is 0 Å². The fourth-order valence-electron chi connectivity index (χ4n) is 2.25. The van der Waals surface area contributed by atoms with Crippen molar-refractivity contribution < 1.29 is 14.3 Å². The molecule has 0 unspecified atom stereocenters. The van der Waals surface area contributed by atoms with E-state index in [1.54, 1.807) is 20.3 Å². The third kappa shape index (κ3) is 5.24. The van der Waals surface area contributed by atoms with Crippen molar-refractivity contribution in [2.24, 2.45) is 5.10 Å². The Bertz CT molecular complexity index is 772. The van der Waals surface area contributed by atoms with E-state index in [2.05, 4.69) is 15.8 Å². The number of nitrogens with one attached hydrogen (secondary N) is 2. The molecule has 2 rings (SSSR count). The first-order valence-corrected chi connectivity index (χ1v) is 7.89. The number of carbonyl (C=O) groups is 1. The Labute approximate surface area is 147 Å². The molecule has 6 heteroatoms. The Morgan fingerprint density at radius 2 is 1.84 bits per heavy atom. The summed E-state index contributed by atoms with van der Waals surface area (Å²) in [7, 11) is 3.16. The van der Waals surface area contributed by atoms with Gasteiger partial charge in [0, 0.05) is 11.3 Å². The molecule has 0 bridgehead atoms. The van der Waals surface area contributed by atoms with Crippen molar-refractivity contribution in [3.63, 3.8) is 0 Å². The van der Waals surface area contributed by atoms with E-state index in [1.807, 2.05) is 50.2 Å². The molecular formula is C19H23N3O3. The van der Waals surface area contributed by atoms with Gasteiger partial charge in [-0.05, 0) is 49.7 Å². The maximum atomic E-state index is 11.9. The number of methoxy groups -OCH3 is 2. The molecule has 6 nitrogen and oxygen atoms in total. The topological polar surface area (TPSA) is 72.0 Å². The largest absolute Gasteiger partial charge is 0.493 e. The normalized spacial score (nSPS) is 11.0. The fourth-order valence-corrected chi connectivity index (χ4v) is 2.25. The third-order valence-corrected chi connectivity index (χ3v) is 3.62. The molecule has 2 aromatic carbocycles. The molecule has 132 valence electrons. The van der Waals surface area contributed by atoms with Crippen LogP contribution in [0.4, 0.5) is 5.69 Å². The highest BCUT2D eigenvalue weighted by atomic mass is 16.5. The first kappa shape index (κ1) is 18.3. The summed E-state index contributed by atoms with van der Waals surface area (Å²) in [6.07, 6.45) is 0. The van der Waals surface area contributed by atoms with Crippen molar-refractivity contribution in [1.82, 2.24) is 5.43 Å². The number of amides is 1. The predicted octanol–water partition coefficient (Wildman–Crippen LogP) is 2.96. The molecule has 0 saturated heterocycles. The second-order valence-electron chi connectivity index (χ2n) is 5.52. The van der Waals surface area contributed by atoms with Crippen LogP contribution in [0.2, 0.25) is 0 Å². The van der Waals surface area contributed by atoms with E-state index < -0.39 is 0 Å². The van der Waals surface area contributed by atoms with Crippen molar-refractivity contribution >= 4 is 17.3 Å². The Kier molecular flexibility index (Phi) is 6.39. The second kappa shape index (κ2) is 8.73. The van der Waals surface area contributed by atoms with Crippen LogP contribution in [0, 0.1) is 6.92 Å². The molecule has 2 N–H and O–H groups in total. The average molecular weight is 341 g/mol. The van der Waals surface area contributed by atoms with Gasteiger partial charge in [-0.1, -0.05) is 12.1 Å². The molecule has 0 heterocycles. The van der Waals surface area contributed by atoms with Crippen molar-refractivity contribution in [2.45, 2.75) is 13.8 Å². The molecule has 1 amide bonds. The molecule has 0 atom stereocenters. The van der Waals surface area contributed by atoms with Crippen LogP contribution in [-0.4, -0.2) is 32.4 Å². The zero-order valence-corrected chi connectivity index (χ0v) is 14.9. The molecule has 2 aromatic rings. The summed E-state index contributed by atoms with van der Waals surface area (Å²) >= 11 is 0. The molecule has 0 fully saturated rings.